The van der Waals surface area contributed by atoms with E-state index in [0.29, 0.717) is 23.5 Å². The lowest BCUT2D eigenvalue weighted by molar-refractivity contribution is -0.118. The van der Waals surface area contributed by atoms with E-state index in [1.54, 1.807) is 12.4 Å². The number of anilines is 1. The predicted molar refractivity (Wildman–Crippen MR) is 99.8 cm³/mol. The number of fused-ring (bicyclic) bond motifs is 1. The summed E-state index contributed by atoms with van der Waals surface area (Å²) in [5, 5.41) is 3.02. The zero-order valence-electron chi connectivity index (χ0n) is 14.7. The summed E-state index contributed by atoms with van der Waals surface area (Å²) in [4.78, 5) is 16.7. The van der Waals surface area contributed by atoms with Crippen LogP contribution in [0.1, 0.15) is 32.1 Å². The lowest BCUT2D eigenvalue weighted by Crippen LogP contribution is -2.42. The minimum absolute atomic E-state index is 0.0211. The van der Waals surface area contributed by atoms with Crippen molar-refractivity contribution in [1.82, 2.24) is 15.8 Å². The molecule has 6 heteroatoms. The molecule has 136 valence electrons. The Balaban J connectivity index is 1.37. The Bertz CT molecular complexity index is 735. The van der Waals surface area contributed by atoms with Crippen molar-refractivity contribution in [2.45, 2.75) is 44.2 Å². The SMILES string of the molecule is O=C(Nc1ccc(Oc2cccnc2)cc1)C1NNC2CCCCCC21. The summed E-state index contributed by atoms with van der Waals surface area (Å²) in [6, 6.07) is 11.3. The number of amides is 1. The first-order chi connectivity index (χ1) is 12.8. The van der Waals surface area contributed by atoms with Crippen LogP contribution in [0.5, 0.6) is 11.5 Å². The number of nitrogens with one attached hydrogen (secondary N) is 3. The van der Waals surface area contributed by atoms with E-state index in [-0.39, 0.29) is 11.9 Å². The van der Waals surface area contributed by atoms with Gasteiger partial charge >= 0.3 is 0 Å². The third kappa shape index (κ3) is 3.86. The van der Waals surface area contributed by atoms with Crippen LogP contribution >= 0.6 is 0 Å². The summed E-state index contributed by atoms with van der Waals surface area (Å²) in [7, 11) is 0. The Morgan fingerprint density at radius 1 is 1.04 bits per heavy atom. The molecule has 3 unspecified atom stereocenters. The molecule has 1 aliphatic carbocycles. The van der Waals surface area contributed by atoms with Crippen molar-refractivity contribution < 1.29 is 9.53 Å². The summed E-state index contributed by atoms with van der Waals surface area (Å²) in [6.07, 6.45) is 9.31. The van der Waals surface area contributed by atoms with E-state index < -0.39 is 0 Å². The van der Waals surface area contributed by atoms with E-state index in [4.69, 9.17) is 4.74 Å². The maximum Gasteiger partial charge on any atom is 0.243 e. The summed E-state index contributed by atoms with van der Waals surface area (Å²) >= 11 is 0. The highest BCUT2D eigenvalue weighted by Gasteiger charge is 2.40. The summed E-state index contributed by atoms with van der Waals surface area (Å²) in [5.74, 6) is 1.78. The molecule has 4 rings (SSSR count). The monoisotopic (exact) mass is 352 g/mol. The highest BCUT2D eigenvalue weighted by molar-refractivity contribution is 5.95. The van der Waals surface area contributed by atoms with Gasteiger partial charge in [-0.25, -0.2) is 5.43 Å². The Labute approximate surface area is 153 Å². The zero-order chi connectivity index (χ0) is 17.8. The number of nitrogens with zero attached hydrogens (tertiary/aromatic N) is 1. The van der Waals surface area contributed by atoms with E-state index in [2.05, 4.69) is 21.2 Å². The average molecular weight is 352 g/mol. The Hall–Kier alpha value is -2.44. The van der Waals surface area contributed by atoms with Crippen molar-refractivity contribution >= 4 is 11.6 Å². The maximum atomic E-state index is 12.7. The lowest BCUT2D eigenvalue weighted by Gasteiger charge is -2.20. The molecule has 0 spiro atoms. The number of benzene rings is 1. The normalized spacial score (nSPS) is 25.2. The molecule has 2 fully saturated rings. The van der Waals surface area contributed by atoms with E-state index in [9.17, 15) is 4.79 Å². The molecule has 1 saturated carbocycles. The molecule has 3 atom stereocenters. The Morgan fingerprint density at radius 2 is 1.88 bits per heavy atom. The molecule has 26 heavy (non-hydrogen) atoms. The number of carbonyl (C=O) groups is 1. The molecular formula is C20H24N4O2. The number of pyridine rings is 1. The van der Waals surface area contributed by atoms with Gasteiger partial charge in [-0.2, -0.15) is 0 Å². The number of aromatic nitrogens is 1. The van der Waals surface area contributed by atoms with Gasteiger partial charge < -0.3 is 10.1 Å². The standard InChI is InChI=1S/C20H24N4O2/c25-20(19-17-6-2-1-3-7-18(17)23-24-19)22-14-8-10-15(11-9-14)26-16-5-4-12-21-13-16/h4-5,8-13,17-19,23-24H,1-3,6-7H2,(H,22,25). The third-order valence-electron chi connectivity index (χ3n) is 5.20. The minimum Gasteiger partial charge on any atom is -0.456 e. The van der Waals surface area contributed by atoms with Crippen LogP contribution in [0, 0.1) is 5.92 Å². The van der Waals surface area contributed by atoms with Crippen molar-refractivity contribution in [3.63, 3.8) is 0 Å². The molecule has 1 amide bonds. The first kappa shape index (κ1) is 17.0. The highest BCUT2D eigenvalue weighted by Crippen LogP contribution is 2.30. The minimum atomic E-state index is -0.176. The Morgan fingerprint density at radius 3 is 2.69 bits per heavy atom. The van der Waals surface area contributed by atoms with E-state index in [1.807, 2.05) is 36.4 Å². The van der Waals surface area contributed by atoms with Crippen LogP contribution in [0.4, 0.5) is 5.69 Å². The van der Waals surface area contributed by atoms with Crippen LogP contribution in [-0.2, 0) is 4.79 Å². The van der Waals surface area contributed by atoms with Crippen molar-refractivity contribution in [2.75, 3.05) is 5.32 Å². The molecule has 1 aromatic heterocycles. The third-order valence-corrected chi connectivity index (χ3v) is 5.20. The van der Waals surface area contributed by atoms with Gasteiger partial charge in [0.25, 0.3) is 0 Å². The number of hydrazine groups is 1. The molecule has 1 aliphatic heterocycles. The second kappa shape index (κ2) is 7.85. The van der Waals surface area contributed by atoms with Gasteiger partial charge in [-0.15, -0.1) is 0 Å². The number of hydrogen-bond acceptors (Lipinski definition) is 5. The predicted octanol–water partition coefficient (Wildman–Crippen LogP) is 3.24. The molecule has 1 aromatic carbocycles. The van der Waals surface area contributed by atoms with Crippen LogP contribution in [0.25, 0.3) is 0 Å². The zero-order valence-corrected chi connectivity index (χ0v) is 14.7. The molecule has 3 N–H and O–H groups in total. The molecule has 1 saturated heterocycles. The van der Waals surface area contributed by atoms with Gasteiger partial charge in [0.05, 0.1) is 6.20 Å². The van der Waals surface area contributed by atoms with E-state index >= 15 is 0 Å². The summed E-state index contributed by atoms with van der Waals surface area (Å²) in [5.41, 5.74) is 7.28. The van der Waals surface area contributed by atoms with Crippen LogP contribution < -0.4 is 20.9 Å². The summed E-state index contributed by atoms with van der Waals surface area (Å²) < 4.78 is 5.73. The largest absolute Gasteiger partial charge is 0.456 e. The van der Waals surface area contributed by atoms with Crippen molar-refractivity contribution in [3.8, 4) is 11.5 Å². The number of hydrogen-bond donors (Lipinski definition) is 3. The Kier molecular flexibility index (Phi) is 5.13. The van der Waals surface area contributed by atoms with Gasteiger partial charge in [0, 0.05) is 23.8 Å². The fraction of sp³-hybridized carbons (Fsp3) is 0.400. The summed E-state index contributed by atoms with van der Waals surface area (Å²) in [6.45, 7) is 0. The lowest BCUT2D eigenvalue weighted by atomic mass is 9.89. The van der Waals surface area contributed by atoms with Gasteiger partial charge in [0.15, 0.2) is 0 Å². The van der Waals surface area contributed by atoms with Crippen molar-refractivity contribution in [3.05, 3.63) is 48.8 Å². The number of carbonyl (C=O) groups excluding carboxylic acids is 1. The fourth-order valence-electron chi connectivity index (χ4n) is 3.85. The second-order valence-electron chi connectivity index (χ2n) is 6.98. The van der Waals surface area contributed by atoms with E-state index in [0.717, 1.165) is 18.5 Å². The topological polar surface area (TPSA) is 75.3 Å². The number of rotatable bonds is 4. The molecule has 0 radical (unpaired) electrons. The van der Waals surface area contributed by atoms with Gasteiger partial charge in [-0.3, -0.25) is 15.2 Å². The highest BCUT2D eigenvalue weighted by atomic mass is 16.5. The van der Waals surface area contributed by atoms with Gasteiger partial charge in [-0.1, -0.05) is 19.3 Å². The van der Waals surface area contributed by atoms with Gasteiger partial charge in [-0.05, 0) is 49.2 Å². The molecule has 6 nitrogen and oxygen atoms in total. The van der Waals surface area contributed by atoms with Crippen LogP contribution in [0.15, 0.2) is 48.8 Å². The molecule has 2 aromatic rings. The fourth-order valence-corrected chi connectivity index (χ4v) is 3.85. The first-order valence-corrected chi connectivity index (χ1v) is 9.29. The smallest absolute Gasteiger partial charge is 0.243 e. The molecular weight excluding hydrogens is 328 g/mol. The maximum absolute atomic E-state index is 12.7. The average Bonchev–Trinajstić information content (AvgIpc) is 2.93. The number of ether oxygens (including phenoxy) is 1. The van der Waals surface area contributed by atoms with Crippen LogP contribution in [0.2, 0.25) is 0 Å². The second-order valence-corrected chi connectivity index (χ2v) is 6.98. The molecule has 2 heterocycles. The van der Waals surface area contributed by atoms with Gasteiger partial charge in [0.1, 0.15) is 17.5 Å². The van der Waals surface area contributed by atoms with Gasteiger partial charge in [0.2, 0.25) is 5.91 Å². The molecule has 2 aliphatic rings. The molecule has 0 bridgehead atoms. The first-order valence-electron chi connectivity index (χ1n) is 9.29. The van der Waals surface area contributed by atoms with Crippen molar-refractivity contribution in [1.29, 1.82) is 0 Å². The quantitative estimate of drug-likeness (QED) is 0.788. The van der Waals surface area contributed by atoms with Crippen LogP contribution in [-0.4, -0.2) is 23.0 Å². The van der Waals surface area contributed by atoms with E-state index in [1.165, 1.54) is 19.3 Å². The van der Waals surface area contributed by atoms with Crippen molar-refractivity contribution in [2.24, 2.45) is 5.92 Å². The van der Waals surface area contributed by atoms with Crippen LogP contribution in [0.3, 0.4) is 0 Å².